The predicted molar refractivity (Wildman–Crippen MR) is 71.8 cm³/mol. The molecule has 4 nitrogen and oxygen atoms in total. The highest BCUT2D eigenvalue weighted by Crippen LogP contribution is 2.24. The highest BCUT2D eigenvalue weighted by Gasteiger charge is 2.10. The molecule has 0 fully saturated rings. The number of aliphatic hydroxyl groups excluding tert-OH is 1. The quantitative estimate of drug-likeness (QED) is 0.693. The van der Waals surface area contributed by atoms with E-state index in [1.165, 1.54) is 0 Å². The smallest absolute Gasteiger partial charge is 0.120 e. The standard InChI is InChI=1S/C14H23NO3/c1-10-4-5-13(14(17)8-10)11(2)15-7-6-12(16)9-18-3/h4-5,8,11-12,15-17H,6-7,9H2,1-3H3. The Morgan fingerprint density at radius 3 is 2.72 bits per heavy atom. The number of methoxy groups -OCH3 is 1. The minimum Gasteiger partial charge on any atom is -0.508 e. The van der Waals surface area contributed by atoms with Crippen LogP contribution in [-0.2, 0) is 4.74 Å². The van der Waals surface area contributed by atoms with Crippen molar-refractivity contribution in [2.75, 3.05) is 20.3 Å². The van der Waals surface area contributed by atoms with Crippen LogP contribution < -0.4 is 5.32 Å². The van der Waals surface area contributed by atoms with Gasteiger partial charge in [-0.2, -0.15) is 0 Å². The largest absolute Gasteiger partial charge is 0.508 e. The molecule has 0 saturated carbocycles. The molecule has 3 N–H and O–H groups in total. The molecule has 0 saturated heterocycles. The lowest BCUT2D eigenvalue weighted by Gasteiger charge is -2.17. The Hall–Kier alpha value is -1.10. The number of phenols is 1. The van der Waals surface area contributed by atoms with Crippen LogP contribution in [0.3, 0.4) is 0 Å². The first-order valence-electron chi connectivity index (χ1n) is 6.24. The van der Waals surface area contributed by atoms with Crippen LogP contribution in [0.1, 0.15) is 30.5 Å². The van der Waals surface area contributed by atoms with Gasteiger partial charge in [-0.05, 0) is 38.4 Å². The number of rotatable bonds is 7. The molecule has 0 aliphatic rings. The molecule has 0 amide bonds. The van der Waals surface area contributed by atoms with E-state index in [2.05, 4.69) is 5.32 Å². The van der Waals surface area contributed by atoms with Crippen molar-refractivity contribution in [3.8, 4) is 5.75 Å². The van der Waals surface area contributed by atoms with Gasteiger partial charge in [0.15, 0.2) is 0 Å². The van der Waals surface area contributed by atoms with Crippen LogP contribution in [0.25, 0.3) is 0 Å². The molecule has 1 rings (SSSR count). The van der Waals surface area contributed by atoms with E-state index in [1.807, 2.05) is 26.0 Å². The fourth-order valence-corrected chi connectivity index (χ4v) is 1.87. The molecule has 0 aliphatic carbocycles. The zero-order valence-electron chi connectivity index (χ0n) is 11.3. The summed E-state index contributed by atoms with van der Waals surface area (Å²) in [5.41, 5.74) is 1.92. The molecule has 1 aromatic rings. The zero-order chi connectivity index (χ0) is 13.5. The lowest BCUT2D eigenvalue weighted by atomic mass is 10.0. The van der Waals surface area contributed by atoms with Gasteiger partial charge < -0.3 is 20.3 Å². The third-order valence-electron chi connectivity index (χ3n) is 2.94. The van der Waals surface area contributed by atoms with Gasteiger partial charge in [0.05, 0.1) is 12.7 Å². The molecule has 0 heterocycles. The summed E-state index contributed by atoms with van der Waals surface area (Å²) in [6.45, 7) is 4.97. The van der Waals surface area contributed by atoms with Crippen molar-refractivity contribution >= 4 is 0 Å². The van der Waals surface area contributed by atoms with Crippen LogP contribution in [0.5, 0.6) is 5.75 Å². The van der Waals surface area contributed by atoms with Crippen LogP contribution in [0, 0.1) is 6.92 Å². The van der Waals surface area contributed by atoms with Gasteiger partial charge >= 0.3 is 0 Å². The number of hydrogen-bond acceptors (Lipinski definition) is 4. The molecule has 1 aromatic carbocycles. The van der Waals surface area contributed by atoms with Crippen molar-refractivity contribution in [1.29, 1.82) is 0 Å². The molecule has 0 bridgehead atoms. The Morgan fingerprint density at radius 1 is 1.39 bits per heavy atom. The maximum atomic E-state index is 9.85. The minimum absolute atomic E-state index is 0.0559. The molecule has 0 aromatic heterocycles. The molecular formula is C14H23NO3. The SMILES string of the molecule is COCC(O)CCNC(C)c1ccc(C)cc1O. The van der Waals surface area contributed by atoms with Crippen molar-refractivity contribution in [2.24, 2.45) is 0 Å². The summed E-state index contributed by atoms with van der Waals surface area (Å²) in [5.74, 6) is 0.312. The van der Waals surface area contributed by atoms with Gasteiger partial charge in [0.1, 0.15) is 5.75 Å². The number of ether oxygens (including phenoxy) is 1. The molecule has 2 atom stereocenters. The molecule has 18 heavy (non-hydrogen) atoms. The van der Waals surface area contributed by atoms with Crippen molar-refractivity contribution in [2.45, 2.75) is 32.4 Å². The summed E-state index contributed by atoms with van der Waals surface area (Å²) in [7, 11) is 1.57. The summed E-state index contributed by atoms with van der Waals surface area (Å²) < 4.78 is 4.86. The molecule has 102 valence electrons. The fourth-order valence-electron chi connectivity index (χ4n) is 1.87. The monoisotopic (exact) mass is 253 g/mol. The van der Waals surface area contributed by atoms with Gasteiger partial charge in [-0.25, -0.2) is 0 Å². The van der Waals surface area contributed by atoms with Gasteiger partial charge in [-0.3, -0.25) is 0 Å². The second-order valence-corrected chi connectivity index (χ2v) is 4.64. The lowest BCUT2D eigenvalue weighted by molar-refractivity contribution is 0.0590. The molecule has 4 heteroatoms. The highest BCUT2D eigenvalue weighted by molar-refractivity contribution is 5.37. The van der Waals surface area contributed by atoms with Crippen LogP contribution in [0.2, 0.25) is 0 Å². The number of aliphatic hydroxyl groups is 1. The second kappa shape index (κ2) is 7.36. The molecule has 0 spiro atoms. The van der Waals surface area contributed by atoms with Gasteiger partial charge in [0.2, 0.25) is 0 Å². The number of nitrogens with one attached hydrogen (secondary N) is 1. The summed E-state index contributed by atoms with van der Waals surface area (Å²) in [4.78, 5) is 0. The van der Waals surface area contributed by atoms with Crippen LogP contribution in [-0.4, -0.2) is 36.6 Å². The van der Waals surface area contributed by atoms with E-state index in [-0.39, 0.29) is 6.04 Å². The maximum absolute atomic E-state index is 9.85. The summed E-state index contributed by atoms with van der Waals surface area (Å²) in [6, 6.07) is 5.72. The van der Waals surface area contributed by atoms with Crippen LogP contribution in [0.15, 0.2) is 18.2 Å². The third-order valence-corrected chi connectivity index (χ3v) is 2.94. The van der Waals surface area contributed by atoms with Gasteiger partial charge in [-0.1, -0.05) is 12.1 Å². The molecule has 0 radical (unpaired) electrons. The van der Waals surface area contributed by atoms with Crippen molar-refractivity contribution in [1.82, 2.24) is 5.32 Å². The molecular weight excluding hydrogens is 230 g/mol. The Bertz CT molecular complexity index is 368. The normalized spacial score (nSPS) is 14.4. The van der Waals surface area contributed by atoms with Gasteiger partial charge in [-0.15, -0.1) is 0 Å². The number of benzene rings is 1. The topological polar surface area (TPSA) is 61.7 Å². The summed E-state index contributed by atoms with van der Waals surface area (Å²) in [6.07, 6.45) is 0.187. The first-order valence-corrected chi connectivity index (χ1v) is 6.24. The number of phenolic OH excluding ortho intramolecular Hbond substituents is 1. The van der Waals surface area contributed by atoms with Crippen molar-refractivity contribution < 1.29 is 14.9 Å². The van der Waals surface area contributed by atoms with E-state index in [9.17, 15) is 10.2 Å². The molecule has 2 unspecified atom stereocenters. The Labute approximate surface area is 109 Å². The van der Waals surface area contributed by atoms with Crippen molar-refractivity contribution in [3.05, 3.63) is 29.3 Å². The molecule has 0 aliphatic heterocycles. The van der Waals surface area contributed by atoms with Gasteiger partial charge in [0.25, 0.3) is 0 Å². The van der Waals surface area contributed by atoms with Crippen molar-refractivity contribution in [3.63, 3.8) is 0 Å². The Morgan fingerprint density at radius 2 is 2.11 bits per heavy atom. The Kier molecular flexibility index (Phi) is 6.12. The van der Waals surface area contributed by atoms with E-state index in [4.69, 9.17) is 4.74 Å². The fraction of sp³-hybridized carbons (Fsp3) is 0.571. The van der Waals surface area contributed by atoms with E-state index >= 15 is 0 Å². The van der Waals surface area contributed by atoms with Crippen LogP contribution >= 0.6 is 0 Å². The number of aryl methyl sites for hydroxylation is 1. The average Bonchev–Trinajstić information content (AvgIpc) is 2.29. The first-order chi connectivity index (χ1) is 8.54. The second-order valence-electron chi connectivity index (χ2n) is 4.64. The van der Waals surface area contributed by atoms with E-state index in [0.717, 1.165) is 11.1 Å². The third kappa shape index (κ3) is 4.64. The Balaban J connectivity index is 2.43. The predicted octanol–water partition coefficient (Wildman–Crippen LogP) is 1.75. The first kappa shape index (κ1) is 15.0. The maximum Gasteiger partial charge on any atom is 0.120 e. The van der Waals surface area contributed by atoms with Crippen LogP contribution in [0.4, 0.5) is 0 Å². The number of hydrogen-bond donors (Lipinski definition) is 3. The van der Waals surface area contributed by atoms with E-state index < -0.39 is 6.10 Å². The lowest BCUT2D eigenvalue weighted by Crippen LogP contribution is -2.25. The minimum atomic E-state index is -0.443. The summed E-state index contributed by atoms with van der Waals surface area (Å²) >= 11 is 0. The highest BCUT2D eigenvalue weighted by atomic mass is 16.5. The average molecular weight is 253 g/mol. The number of aromatic hydroxyl groups is 1. The van der Waals surface area contributed by atoms with E-state index in [0.29, 0.717) is 25.3 Å². The van der Waals surface area contributed by atoms with Gasteiger partial charge in [0, 0.05) is 18.7 Å². The summed E-state index contributed by atoms with van der Waals surface area (Å²) in [5, 5.41) is 22.6. The van der Waals surface area contributed by atoms with E-state index in [1.54, 1.807) is 13.2 Å². The zero-order valence-corrected chi connectivity index (χ0v) is 11.3.